The van der Waals surface area contributed by atoms with Crippen LogP contribution in [0.5, 0.6) is 11.5 Å². The molecule has 2 aromatic carbocycles. The van der Waals surface area contributed by atoms with Crippen LogP contribution in [0.2, 0.25) is 0 Å². The quantitative estimate of drug-likeness (QED) is 0.110. The lowest BCUT2D eigenvalue weighted by molar-refractivity contribution is -0.160. The minimum Gasteiger partial charge on any atom is -0.508 e. The number of hydrogen-bond donors (Lipinski definition) is 5. The predicted molar refractivity (Wildman–Crippen MR) is 160 cm³/mol. The van der Waals surface area contributed by atoms with Crippen LogP contribution in [0.1, 0.15) is 53.5 Å². The van der Waals surface area contributed by atoms with Crippen LogP contribution in [0.4, 0.5) is 0 Å². The Kier molecular flexibility index (Phi) is 7.53. The van der Waals surface area contributed by atoms with E-state index in [1.54, 1.807) is 6.07 Å². The van der Waals surface area contributed by atoms with E-state index in [4.69, 9.17) is 17.0 Å². The zero-order valence-corrected chi connectivity index (χ0v) is 25.2. The molecule has 13 nitrogen and oxygen atoms in total. The molecule has 1 aliphatic carbocycles. The van der Waals surface area contributed by atoms with Crippen LogP contribution in [-0.4, -0.2) is 71.1 Å². The van der Waals surface area contributed by atoms with Crippen LogP contribution in [0.25, 0.3) is 0 Å². The molecule has 228 valence electrons. The summed E-state index contributed by atoms with van der Waals surface area (Å²) in [5.41, 5.74) is 1.26. The van der Waals surface area contributed by atoms with Gasteiger partial charge in [0.05, 0.1) is 0 Å². The Morgan fingerprint density at radius 3 is 2.59 bits per heavy atom. The minimum atomic E-state index is -1.37. The molecule has 3 aromatic rings. The van der Waals surface area contributed by atoms with E-state index in [1.165, 1.54) is 46.5 Å². The summed E-state index contributed by atoms with van der Waals surface area (Å²) in [4.78, 5) is 69.3. The van der Waals surface area contributed by atoms with Crippen molar-refractivity contribution in [3.05, 3.63) is 80.0 Å². The van der Waals surface area contributed by atoms with Gasteiger partial charge in [-0.25, -0.2) is 4.79 Å². The van der Waals surface area contributed by atoms with Crippen molar-refractivity contribution in [1.29, 1.82) is 0 Å². The van der Waals surface area contributed by atoms with Crippen molar-refractivity contribution in [1.82, 2.24) is 30.7 Å². The summed E-state index contributed by atoms with van der Waals surface area (Å²) < 4.78 is 4.93. The smallest absolute Gasteiger partial charge is 0.335 e. The Bertz CT molecular complexity index is 1800. The van der Waals surface area contributed by atoms with Crippen molar-refractivity contribution < 1.29 is 29.0 Å². The normalized spacial score (nSPS) is 21.9. The second-order valence-electron chi connectivity index (χ2n) is 11.3. The molecule has 5 N–H and O–H groups in total. The Morgan fingerprint density at radius 2 is 1.86 bits per heavy atom. The molecule has 2 aliphatic heterocycles. The van der Waals surface area contributed by atoms with E-state index in [2.05, 4.69) is 25.8 Å². The van der Waals surface area contributed by atoms with Crippen LogP contribution >= 0.6 is 24.0 Å². The summed E-state index contributed by atoms with van der Waals surface area (Å²) in [6, 6.07) is 7.85. The lowest BCUT2D eigenvalue weighted by Crippen LogP contribution is -2.71. The highest BCUT2D eigenvalue weighted by Gasteiger charge is 2.64. The van der Waals surface area contributed by atoms with Gasteiger partial charge < -0.3 is 25.4 Å². The molecule has 2 saturated heterocycles. The van der Waals surface area contributed by atoms with Gasteiger partial charge >= 0.3 is 5.97 Å². The number of ether oxygens (including phenoxy) is 1. The highest BCUT2D eigenvalue weighted by Crippen LogP contribution is 2.51. The SMILES string of the molecule is CC1(C)S[C@@H]2[C@H](NC(=O)C(NC(=O)c3n[nH]c(=S)[nH]c3=O)c3ccc(O)cc3)C(=O)N2[C@H]1C(=O)Oc1ccc2c(c1)CCC2. The standard InChI is InChI=1S/C29H28N6O7S2/c1-29(2)21(27(41)42-17-11-8-13-4-3-5-15(13)12-17)35-25(40)20(26(35)44-29)31-22(37)18(14-6-9-16(36)10-7-14)30-23(38)19-24(39)32-28(43)34-33-19/h6-12,18,20-21,26,36H,3-5H2,1-2H3,(H,30,38)(H,31,37)(H2,32,34,39,43)/t18?,20-,21+,26-/m1/s1. The number of β-lactam (4-membered cyclic amide) rings is 1. The zero-order valence-electron chi connectivity index (χ0n) is 23.6. The van der Waals surface area contributed by atoms with Gasteiger partial charge in [0.15, 0.2) is 4.77 Å². The molecule has 3 heterocycles. The molecule has 44 heavy (non-hydrogen) atoms. The van der Waals surface area contributed by atoms with E-state index in [0.29, 0.717) is 5.75 Å². The number of amides is 3. The summed E-state index contributed by atoms with van der Waals surface area (Å²) in [6.45, 7) is 3.68. The minimum absolute atomic E-state index is 0.0693. The lowest BCUT2D eigenvalue weighted by Gasteiger charge is -2.44. The molecular formula is C29H28N6O7S2. The summed E-state index contributed by atoms with van der Waals surface area (Å²) in [6.07, 6.45) is 2.99. The maximum atomic E-state index is 13.6. The number of thioether (sulfide) groups is 1. The van der Waals surface area contributed by atoms with Crippen molar-refractivity contribution in [2.24, 2.45) is 0 Å². The number of nitrogens with zero attached hydrogens (tertiary/aromatic N) is 2. The number of benzene rings is 2. The number of nitrogens with one attached hydrogen (secondary N) is 4. The maximum absolute atomic E-state index is 13.6. The Morgan fingerprint density at radius 1 is 1.14 bits per heavy atom. The Hall–Kier alpha value is -4.50. The number of phenolic OH excluding ortho intramolecular Hbond substituents is 1. The second-order valence-corrected chi connectivity index (χ2v) is 13.5. The zero-order chi connectivity index (χ0) is 31.3. The van der Waals surface area contributed by atoms with Crippen LogP contribution in [-0.2, 0) is 27.2 Å². The van der Waals surface area contributed by atoms with Crippen molar-refractivity contribution in [3.8, 4) is 11.5 Å². The fraction of sp³-hybridized carbons (Fsp3) is 0.345. The number of carbonyl (C=O) groups is 4. The van der Waals surface area contributed by atoms with Crippen LogP contribution < -0.4 is 20.9 Å². The number of aromatic amines is 2. The van der Waals surface area contributed by atoms with Crippen molar-refractivity contribution in [3.63, 3.8) is 0 Å². The number of rotatable bonds is 7. The van der Waals surface area contributed by atoms with Gasteiger partial charge in [-0.05, 0) is 86.3 Å². The molecule has 0 bridgehead atoms. The molecule has 1 aromatic heterocycles. The van der Waals surface area contributed by atoms with Crippen molar-refractivity contribution in [2.75, 3.05) is 0 Å². The van der Waals surface area contributed by atoms with Gasteiger partial charge in [0, 0.05) is 4.75 Å². The first-order valence-corrected chi connectivity index (χ1v) is 15.1. The molecule has 15 heteroatoms. The number of esters is 1. The van der Waals surface area contributed by atoms with Gasteiger partial charge in [-0.2, -0.15) is 5.10 Å². The third-order valence-corrected chi connectivity index (χ3v) is 9.71. The maximum Gasteiger partial charge on any atom is 0.335 e. The third kappa shape index (κ3) is 5.36. The second kappa shape index (κ2) is 11.2. The molecule has 2 fully saturated rings. The number of aromatic hydroxyl groups is 1. The highest BCUT2D eigenvalue weighted by molar-refractivity contribution is 8.01. The van der Waals surface area contributed by atoms with Crippen LogP contribution in [0.3, 0.4) is 0 Å². The molecule has 0 saturated carbocycles. The summed E-state index contributed by atoms with van der Waals surface area (Å²) in [5, 5.41) is 20.3. The molecule has 3 aliphatic rings. The van der Waals surface area contributed by atoms with E-state index in [-0.39, 0.29) is 16.1 Å². The van der Waals surface area contributed by atoms with Gasteiger partial charge in [-0.1, -0.05) is 18.2 Å². The molecule has 3 amide bonds. The van der Waals surface area contributed by atoms with E-state index in [1.807, 2.05) is 26.0 Å². The van der Waals surface area contributed by atoms with Gasteiger partial charge in [0.1, 0.15) is 35.0 Å². The van der Waals surface area contributed by atoms with Gasteiger partial charge in [-0.15, -0.1) is 11.8 Å². The van der Waals surface area contributed by atoms with E-state index < -0.39 is 63.2 Å². The molecular weight excluding hydrogens is 608 g/mol. The average Bonchev–Trinajstić information content (AvgIpc) is 3.54. The molecule has 4 atom stereocenters. The lowest BCUT2D eigenvalue weighted by atomic mass is 9.95. The van der Waals surface area contributed by atoms with Crippen molar-refractivity contribution >= 4 is 47.7 Å². The fourth-order valence-corrected chi connectivity index (χ4v) is 7.57. The number of aromatic nitrogens is 3. The molecule has 6 rings (SSSR count). The van der Waals surface area contributed by atoms with Crippen molar-refractivity contribution in [2.45, 2.75) is 61.4 Å². The first kappa shape index (κ1) is 29.6. The fourth-order valence-electron chi connectivity index (χ4n) is 5.81. The predicted octanol–water partition coefficient (Wildman–Crippen LogP) is 1.65. The topological polar surface area (TPSA) is 187 Å². The third-order valence-electron chi connectivity index (χ3n) is 7.94. The summed E-state index contributed by atoms with van der Waals surface area (Å²) in [7, 11) is 0. The first-order valence-electron chi connectivity index (χ1n) is 13.9. The van der Waals surface area contributed by atoms with Gasteiger partial charge in [0.2, 0.25) is 17.5 Å². The summed E-state index contributed by atoms with van der Waals surface area (Å²) in [5.74, 6) is -2.39. The van der Waals surface area contributed by atoms with E-state index >= 15 is 0 Å². The van der Waals surface area contributed by atoms with Gasteiger partial charge in [-0.3, -0.25) is 29.3 Å². The average molecular weight is 637 g/mol. The first-order chi connectivity index (χ1) is 20.9. The largest absolute Gasteiger partial charge is 0.508 e. The van der Waals surface area contributed by atoms with Crippen LogP contribution in [0, 0.1) is 4.77 Å². The summed E-state index contributed by atoms with van der Waals surface area (Å²) >= 11 is 6.17. The highest BCUT2D eigenvalue weighted by atomic mass is 32.2. The Balaban J connectivity index is 1.19. The van der Waals surface area contributed by atoms with E-state index in [9.17, 15) is 29.1 Å². The van der Waals surface area contributed by atoms with E-state index in [0.717, 1.165) is 24.8 Å². The molecule has 0 spiro atoms. The van der Waals surface area contributed by atoms with Crippen LogP contribution in [0.15, 0.2) is 47.3 Å². The number of H-pyrrole nitrogens is 2. The van der Waals surface area contributed by atoms with Gasteiger partial charge in [0.25, 0.3) is 11.5 Å². The molecule has 1 unspecified atom stereocenters. The number of fused-ring (bicyclic) bond motifs is 2. The molecule has 0 radical (unpaired) electrons. The number of carbonyl (C=O) groups excluding carboxylic acids is 4. The number of phenols is 1. The monoisotopic (exact) mass is 636 g/mol. The Labute approximate surface area is 259 Å². The number of hydrogen-bond acceptors (Lipinski definition) is 10. The number of aryl methyl sites for hydroxylation is 2.